The summed E-state index contributed by atoms with van der Waals surface area (Å²) in [4.78, 5) is 4.52. The maximum absolute atomic E-state index is 15.6. The van der Waals surface area contributed by atoms with Crippen LogP contribution in [-0.2, 0) is 10.8 Å². The first-order valence-corrected chi connectivity index (χ1v) is 13.4. The first-order chi connectivity index (χ1) is 18.2. The molecule has 0 bridgehead atoms. The van der Waals surface area contributed by atoms with Crippen molar-refractivity contribution in [3.63, 3.8) is 0 Å². The van der Waals surface area contributed by atoms with Gasteiger partial charge in [0.1, 0.15) is 17.0 Å². The molecule has 188 valence electrons. The Hall–Kier alpha value is -3.98. The highest BCUT2D eigenvalue weighted by atomic mass is 19.1. The molecule has 3 heteroatoms. The highest BCUT2D eigenvalue weighted by Gasteiger charge is 2.37. The van der Waals surface area contributed by atoms with Crippen molar-refractivity contribution in [2.24, 2.45) is 0 Å². The molecule has 0 saturated heterocycles. The van der Waals surface area contributed by atoms with Gasteiger partial charge in [-0.25, -0.2) is 4.39 Å². The lowest BCUT2D eigenvalue weighted by Crippen LogP contribution is -2.33. The number of nitrogens with zero attached hydrogens (tertiary/aromatic N) is 1. The SMILES string of the molecule is CC1(C)CCC(C)(C)c2cc3cc(-c4c(F)ccc5c4oc4c(-c6ccccn6)cccc45)ccc3cc21. The second-order valence-electron chi connectivity index (χ2n) is 12.0. The Morgan fingerprint density at radius 3 is 2.18 bits per heavy atom. The molecule has 38 heavy (non-hydrogen) atoms. The van der Waals surface area contributed by atoms with E-state index in [1.54, 1.807) is 12.3 Å². The van der Waals surface area contributed by atoms with Crippen molar-refractivity contribution in [1.82, 2.24) is 4.98 Å². The largest absolute Gasteiger partial charge is 0.455 e. The van der Waals surface area contributed by atoms with E-state index in [-0.39, 0.29) is 16.6 Å². The first-order valence-electron chi connectivity index (χ1n) is 13.4. The van der Waals surface area contributed by atoms with Crippen LogP contribution in [0.4, 0.5) is 4.39 Å². The van der Waals surface area contributed by atoms with E-state index in [0.717, 1.165) is 45.0 Å². The highest BCUT2D eigenvalue weighted by Crippen LogP contribution is 2.48. The van der Waals surface area contributed by atoms with Crippen LogP contribution in [-0.4, -0.2) is 4.98 Å². The highest BCUT2D eigenvalue weighted by molar-refractivity contribution is 6.13. The number of aromatic nitrogens is 1. The van der Waals surface area contributed by atoms with E-state index in [1.165, 1.54) is 22.9 Å². The molecule has 1 aliphatic carbocycles. The third-order valence-electron chi connectivity index (χ3n) is 8.66. The van der Waals surface area contributed by atoms with Gasteiger partial charge in [-0.05, 0) is 87.5 Å². The monoisotopic (exact) mass is 499 g/mol. The molecule has 2 aromatic heterocycles. The molecule has 1 aliphatic rings. The smallest absolute Gasteiger partial charge is 0.146 e. The Kier molecular flexibility index (Phi) is 4.88. The molecule has 0 radical (unpaired) electrons. The maximum Gasteiger partial charge on any atom is 0.146 e. The van der Waals surface area contributed by atoms with Gasteiger partial charge in [0, 0.05) is 22.5 Å². The first kappa shape index (κ1) is 23.2. The molecular formula is C35H30FNO. The predicted octanol–water partition coefficient (Wildman–Crippen LogP) is 9.96. The van der Waals surface area contributed by atoms with Gasteiger partial charge in [-0.15, -0.1) is 0 Å². The molecule has 4 aromatic carbocycles. The zero-order valence-electron chi connectivity index (χ0n) is 22.2. The molecule has 0 aliphatic heterocycles. The summed E-state index contributed by atoms with van der Waals surface area (Å²) in [6.07, 6.45) is 4.11. The van der Waals surface area contributed by atoms with Crippen LogP contribution in [0, 0.1) is 5.82 Å². The summed E-state index contributed by atoms with van der Waals surface area (Å²) in [5, 5.41) is 4.19. The van der Waals surface area contributed by atoms with Gasteiger partial charge in [0.05, 0.1) is 11.3 Å². The van der Waals surface area contributed by atoms with Gasteiger partial charge in [-0.1, -0.05) is 70.2 Å². The van der Waals surface area contributed by atoms with Gasteiger partial charge in [0.15, 0.2) is 0 Å². The number of para-hydroxylation sites is 1. The number of pyridine rings is 1. The predicted molar refractivity (Wildman–Crippen MR) is 155 cm³/mol. The zero-order chi connectivity index (χ0) is 26.2. The normalized spacial score (nSPS) is 16.2. The minimum absolute atomic E-state index is 0.112. The molecule has 0 spiro atoms. The van der Waals surface area contributed by atoms with Crippen LogP contribution >= 0.6 is 0 Å². The molecule has 2 nitrogen and oxygen atoms in total. The summed E-state index contributed by atoms with van der Waals surface area (Å²) in [5.74, 6) is -0.283. The van der Waals surface area contributed by atoms with Crippen LogP contribution in [0.15, 0.2) is 89.5 Å². The third kappa shape index (κ3) is 3.41. The van der Waals surface area contributed by atoms with E-state index < -0.39 is 0 Å². The van der Waals surface area contributed by atoms with Crippen molar-refractivity contribution < 1.29 is 8.81 Å². The Morgan fingerprint density at radius 2 is 1.45 bits per heavy atom. The average molecular weight is 500 g/mol. The summed E-state index contributed by atoms with van der Waals surface area (Å²) in [6, 6.07) is 26.2. The van der Waals surface area contributed by atoms with Gasteiger partial charge in [-0.2, -0.15) is 0 Å². The summed E-state index contributed by atoms with van der Waals surface area (Å²) < 4.78 is 22.1. The minimum Gasteiger partial charge on any atom is -0.455 e. The lowest BCUT2D eigenvalue weighted by molar-refractivity contribution is 0.332. The number of fused-ring (bicyclic) bond motifs is 5. The molecule has 0 amide bonds. The molecule has 0 fully saturated rings. The van der Waals surface area contributed by atoms with Crippen LogP contribution in [0.1, 0.15) is 51.7 Å². The molecule has 0 N–H and O–H groups in total. The minimum atomic E-state index is -0.283. The van der Waals surface area contributed by atoms with Gasteiger partial charge >= 0.3 is 0 Å². The summed E-state index contributed by atoms with van der Waals surface area (Å²) in [7, 11) is 0. The topological polar surface area (TPSA) is 26.0 Å². The summed E-state index contributed by atoms with van der Waals surface area (Å²) in [5.41, 5.74) is 7.46. The quantitative estimate of drug-likeness (QED) is 0.237. The number of benzene rings is 4. The van der Waals surface area contributed by atoms with Crippen molar-refractivity contribution in [3.05, 3.63) is 102 Å². The van der Waals surface area contributed by atoms with E-state index in [1.807, 2.05) is 48.5 Å². The molecule has 0 atom stereocenters. The lowest BCUT2D eigenvalue weighted by Gasteiger charge is -2.42. The van der Waals surface area contributed by atoms with Crippen molar-refractivity contribution in [1.29, 1.82) is 0 Å². The fraction of sp³-hybridized carbons (Fsp3) is 0.229. The fourth-order valence-electron chi connectivity index (χ4n) is 6.30. The zero-order valence-corrected chi connectivity index (χ0v) is 22.2. The summed E-state index contributed by atoms with van der Waals surface area (Å²) in [6.45, 7) is 9.37. The van der Waals surface area contributed by atoms with Gasteiger partial charge in [0.25, 0.3) is 0 Å². The standard InChI is InChI=1S/C35H30FNO/c1-34(2)15-16-35(3,4)28-20-23-18-22(12-11-21(23)19-27(28)34)31-29(36)14-13-25-24-8-7-9-26(32(24)38-33(25)31)30-10-5-6-17-37-30/h5-14,17-20H,15-16H2,1-4H3. The Bertz CT molecular complexity index is 1880. The number of hydrogen-bond donors (Lipinski definition) is 0. The molecule has 7 rings (SSSR count). The van der Waals surface area contributed by atoms with Crippen LogP contribution in [0.2, 0.25) is 0 Å². The van der Waals surface area contributed by atoms with Gasteiger partial charge in [-0.3, -0.25) is 4.98 Å². The summed E-state index contributed by atoms with van der Waals surface area (Å²) >= 11 is 0. The Balaban J connectivity index is 1.47. The number of hydrogen-bond acceptors (Lipinski definition) is 2. The third-order valence-corrected chi connectivity index (χ3v) is 8.66. The van der Waals surface area contributed by atoms with E-state index in [9.17, 15) is 0 Å². The van der Waals surface area contributed by atoms with Crippen molar-refractivity contribution in [2.45, 2.75) is 51.4 Å². The maximum atomic E-state index is 15.6. The second-order valence-corrected chi connectivity index (χ2v) is 12.0. The van der Waals surface area contributed by atoms with Crippen LogP contribution in [0.25, 0.3) is 55.1 Å². The Labute approximate surface area is 222 Å². The van der Waals surface area contributed by atoms with Crippen molar-refractivity contribution in [3.8, 4) is 22.4 Å². The molecular weight excluding hydrogens is 469 g/mol. The molecule has 2 heterocycles. The molecule has 0 unspecified atom stereocenters. The van der Waals surface area contributed by atoms with Crippen LogP contribution in [0.3, 0.4) is 0 Å². The number of furan rings is 1. The number of rotatable bonds is 2. The number of halogens is 1. The van der Waals surface area contributed by atoms with E-state index in [2.05, 4.69) is 56.9 Å². The average Bonchev–Trinajstić information content (AvgIpc) is 3.29. The Morgan fingerprint density at radius 1 is 0.711 bits per heavy atom. The van der Waals surface area contributed by atoms with Gasteiger partial charge < -0.3 is 4.42 Å². The lowest BCUT2D eigenvalue weighted by atomic mass is 9.63. The van der Waals surface area contributed by atoms with E-state index >= 15 is 4.39 Å². The second kappa shape index (κ2) is 8.01. The fourth-order valence-corrected chi connectivity index (χ4v) is 6.30. The van der Waals surface area contributed by atoms with E-state index in [4.69, 9.17) is 4.42 Å². The molecule has 6 aromatic rings. The van der Waals surface area contributed by atoms with Crippen LogP contribution in [0.5, 0.6) is 0 Å². The van der Waals surface area contributed by atoms with Crippen molar-refractivity contribution in [2.75, 3.05) is 0 Å². The molecule has 0 saturated carbocycles. The van der Waals surface area contributed by atoms with Crippen LogP contribution < -0.4 is 0 Å². The van der Waals surface area contributed by atoms with Gasteiger partial charge in [0.2, 0.25) is 0 Å². The van der Waals surface area contributed by atoms with Crippen molar-refractivity contribution >= 4 is 32.7 Å². The van der Waals surface area contributed by atoms with E-state index in [0.29, 0.717) is 11.1 Å².